The number of aryl methyl sites for hydroxylation is 1. The molecule has 0 aliphatic rings. The van der Waals surface area contributed by atoms with Gasteiger partial charge in [0.25, 0.3) is 5.69 Å². The van der Waals surface area contributed by atoms with Crippen LogP contribution in [0.25, 0.3) is 5.65 Å². The maximum atomic E-state index is 10.9. The number of nitro groups is 1. The molecule has 0 aliphatic heterocycles. The third-order valence-electron chi connectivity index (χ3n) is 3.34. The third kappa shape index (κ3) is 3.02. The van der Waals surface area contributed by atoms with Crippen molar-refractivity contribution in [3.8, 4) is 5.75 Å². The normalized spacial score (nSPS) is 10.9. The first-order chi connectivity index (χ1) is 11.0. The minimum absolute atomic E-state index is 0.0226. The van der Waals surface area contributed by atoms with Gasteiger partial charge in [0.1, 0.15) is 11.2 Å². The molecule has 0 atom stereocenters. The molecule has 1 aromatic carbocycles. The summed E-state index contributed by atoms with van der Waals surface area (Å²) in [6.07, 6.45) is 1.87. The monoisotopic (exact) mass is 395 g/mol. The van der Waals surface area contributed by atoms with Crippen LogP contribution in [0.2, 0.25) is 5.02 Å². The van der Waals surface area contributed by atoms with Crippen LogP contribution < -0.4 is 4.74 Å². The summed E-state index contributed by atoms with van der Waals surface area (Å²) in [5.41, 5.74) is 2.03. The zero-order valence-electron chi connectivity index (χ0n) is 12.0. The lowest BCUT2D eigenvalue weighted by atomic mass is 10.2. The van der Waals surface area contributed by atoms with Gasteiger partial charge in [-0.3, -0.25) is 14.5 Å². The minimum atomic E-state index is -0.463. The standard InChI is InChI=1S/C15H11BrClN3O3/c1-9-14(16)19-6-2-3-13(15(19)18-9)23-8-10-7-11(20(21)22)4-5-12(10)17/h2-7H,8H2,1H3. The van der Waals surface area contributed by atoms with Crippen molar-refractivity contribution in [2.24, 2.45) is 0 Å². The molecule has 3 aromatic rings. The van der Waals surface area contributed by atoms with E-state index >= 15 is 0 Å². The number of benzene rings is 1. The molecule has 6 nitrogen and oxygen atoms in total. The summed E-state index contributed by atoms with van der Waals surface area (Å²) in [5, 5.41) is 11.3. The van der Waals surface area contributed by atoms with Crippen LogP contribution >= 0.6 is 27.5 Å². The lowest BCUT2D eigenvalue weighted by Gasteiger charge is -2.09. The highest BCUT2D eigenvalue weighted by Gasteiger charge is 2.13. The van der Waals surface area contributed by atoms with Gasteiger partial charge in [-0.2, -0.15) is 0 Å². The van der Waals surface area contributed by atoms with Gasteiger partial charge < -0.3 is 4.74 Å². The van der Waals surface area contributed by atoms with Crippen LogP contribution in [0, 0.1) is 17.0 Å². The topological polar surface area (TPSA) is 69.7 Å². The van der Waals surface area contributed by atoms with Crippen molar-refractivity contribution in [3.63, 3.8) is 0 Å². The van der Waals surface area contributed by atoms with E-state index in [1.54, 1.807) is 6.07 Å². The van der Waals surface area contributed by atoms with Gasteiger partial charge in [0.15, 0.2) is 11.4 Å². The molecule has 2 heterocycles. The lowest BCUT2D eigenvalue weighted by molar-refractivity contribution is -0.384. The second-order valence-corrected chi connectivity index (χ2v) is 6.03. The maximum Gasteiger partial charge on any atom is 0.269 e. The van der Waals surface area contributed by atoms with E-state index in [0.717, 1.165) is 10.3 Å². The van der Waals surface area contributed by atoms with E-state index in [-0.39, 0.29) is 12.3 Å². The highest BCUT2D eigenvalue weighted by Crippen LogP contribution is 2.27. The number of imidazole rings is 1. The minimum Gasteiger partial charge on any atom is -0.485 e. The molecule has 0 N–H and O–H groups in total. The van der Waals surface area contributed by atoms with E-state index < -0.39 is 4.92 Å². The Balaban J connectivity index is 1.91. The molecule has 0 amide bonds. The van der Waals surface area contributed by atoms with Gasteiger partial charge in [0.2, 0.25) is 0 Å². The van der Waals surface area contributed by atoms with E-state index in [2.05, 4.69) is 20.9 Å². The van der Waals surface area contributed by atoms with Gasteiger partial charge in [-0.05, 0) is 41.1 Å². The first-order valence-corrected chi connectivity index (χ1v) is 7.83. The van der Waals surface area contributed by atoms with Crippen LogP contribution in [-0.4, -0.2) is 14.3 Å². The molecule has 118 valence electrons. The molecular weight excluding hydrogens is 386 g/mol. The number of pyridine rings is 1. The van der Waals surface area contributed by atoms with E-state index in [0.29, 0.717) is 22.0 Å². The fraction of sp³-hybridized carbons (Fsp3) is 0.133. The fourth-order valence-electron chi connectivity index (χ4n) is 2.18. The van der Waals surface area contributed by atoms with Gasteiger partial charge >= 0.3 is 0 Å². The summed E-state index contributed by atoms with van der Waals surface area (Å²) in [7, 11) is 0. The molecule has 8 heteroatoms. The third-order valence-corrected chi connectivity index (χ3v) is 4.66. The van der Waals surface area contributed by atoms with Gasteiger partial charge in [-0.25, -0.2) is 4.98 Å². The molecule has 3 rings (SSSR count). The molecule has 0 spiro atoms. The molecule has 0 saturated carbocycles. The van der Waals surface area contributed by atoms with Crippen LogP contribution in [0.15, 0.2) is 41.1 Å². The summed E-state index contributed by atoms with van der Waals surface area (Å²) in [4.78, 5) is 14.8. The summed E-state index contributed by atoms with van der Waals surface area (Å²) in [5.74, 6) is 0.573. The highest BCUT2D eigenvalue weighted by molar-refractivity contribution is 9.10. The van der Waals surface area contributed by atoms with E-state index in [1.807, 2.05) is 23.6 Å². The second-order valence-electron chi connectivity index (χ2n) is 4.88. The molecule has 0 radical (unpaired) electrons. The van der Waals surface area contributed by atoms with Crippen molar-refractivity contribution in [2.45, 2.75) is 13.5 Å². The smallest absolute Gasteiger partial charge is 0.269 e. The molecule has 2 aromatic heterocycles. The Morgan fingerprint density at radius 2 is 2.22 bits per heavy atom. The number of hydrogen-bond donors (Lipinski definition) is 0. The van der Waals surface area contributed by atoms with Gasteiger partial charge in [-0.1, -0.05) is 11.6 Å². The van der Waals surface area contributed by atoms with Crippen LogP contribution in [0.5, 0.6) is 5.75 Å². The Hall–Kier alpha value is -2.12. The van der Waals surface area contributed by atoms with Gasteiger partial charge in [-0.15, -0.1) is 0 Å². The summed E-state index contributed by atoms with van der Waals surface area (Å²) >= 11 is 9.55. The number of rotatable bonds is 4. The molecule has 0 fully saturated rings. The first-order valence-electron chi connectivity index (χ1n) is 6.66. The number of non-ortho nitro benzene ring substituents is 1. The van der Waals surface area contributed by atoms with Crippen molar-refractivity contribution >= 4 is 38.9 Å². The molecule has 0 saturated heterocycles. The Kier molecular flexibility index (Phi) is 4.23. The van der Waals surface area contributed by atoms with Crippen molar-refractivity contribution in [2.75, 3.05) is 0 Å². The van der Waals surface area contributed by atoms with Crippen molar-refractivity contribution in [1.82, 2.24) is 9.38 Å². The van der Waals surface area contributed by atoms with Crippen molar-refractivity contribution < 1.29 is 9.66 Å². The highest BCUT2D eigenvalue weighted by atomic mass is 79.9. The van der Waals surface area contributed by atoms with Gasteiger partial charge in [0.05, 0.1) is 10.6 Å². The predicted molar refractivity (Wildman–Crippen MR) is 90.1 cm³/mol. The van der Waals surface area contributed by atoms with Crippen LogP contribution in [0.1, 0.15) is 11.3 Å². The van der Waals surface area contributed by atoms with E-state index in [1.165, 1.54) is 18.2 Å². The van der Waals surface area contributed by atoms with Crippen LogP contribution in [0.4, 0.5) is 5.69 Å². The number of hydrogen-bond acceptors (Lipinski definition) is 4. The summed E-state index contributed by atoms with van der Waals surface area (Å²) in [6, 6.07) is 7.90. The number of halogens is 2. The molecule has 0 bridgehead atoms. The molecule has 0 unspecified atom stereocenters. The summed E-state index contributed by atoms with van der Waals surface area (Å²) in [6.45, 7) is 2.00. The zero-order valence-corrected chi connectivity index (χ0v) is 14.3. The molecule has 0 aliphatic carbocycles. The molecular formula is C15H11BrClN3O3. The predicted octanol–water partition coefficient (Wildman–Crippen LogP) is 4.55. The quantitative estimate of drug-likeness (QED) is 0.479. The second kappa shape index (κ2) is 6.17. The SMILES string of the molecule is Cc1nc2c(OCc3cc([N+](=O)[O-])ccc3Cl)cccn2c1Br. The van der Waals surface area contributed by atoms with Crippen molar-refractivity contribution in [1.29, 1.82) is 0 Å². The van der Waals surface area contributed by atoms with E-state index in [4.69, 9.17) is 16.3 Å². The first kappa shape index (κ1) is 15.8. The number of nitro benzene ring substituents is 1. The Bertz CT molecular complexity index is 910. The Morgan fingerprint density at radius 3 is 2.96 bits per heavy atom. The number of nitrogens with zero attached hydrogens (tertiary/aromatic N) is 3. The molecule has 23 heavy (non-hydrogen) atoms. The summed E-state index contributed by atoms with van der Waals surface area (Å²) < 4.78 is 8.49. The lowest BCUT2D eigenvalue weighted by Crippen LogP contribution is -2.00. The Morgan fingerprint density at radius 1 is 1.43 bits per heavy atom. The van der Waals surface area contributed by atoms with Crippen LogP contribution in [-0.2, 0) is 6.61 Å². The zero-order chi connectivity index (χ0) is 16.6. The maximum absolute atomic E-state index is 10.9. The number of aromatic nitrogens is 2. The number of ether oxygens (including phenoxy) is 1. The van der Waals surface area contributed by atoms with Crippen molar-refractivity contribution in [3.05, 3.63) is 67.5 Å². The van der Waals surface area contributed by atoms with Crippen LogP contribution in [0.3, 0.4) is 0 Å². The van der Waals surface area contributed by atoms with Gasteiger partial charge in [0, 0.05) is 28.9 Å². The largest absolute Gasteiger partial charge is 0.485 e. The van der Waals surface area contributed by atoms with E-state index in [9.17, 15) is 10.1 Å². The average Bonchev–Trinajstić information content (AvgIpc) is 2.82. The fourth-order valence-corrected chi connectivity index (χ4v) is 2.73. The Labute approximate surface area is 144 Å². The number of fused-ring (bicyclic) bond motifs is 1. The average molecular weight is 397 g/mol.